The number of carbonyl (C=O) groups excluding carboxylic acids is 1. The fourth-order valence-corrected chi connectivity index (χ4v) is 1.55. The lowest BCUT2D eigenvalue weighted by molar-refractivity contribution is -0.118. The lowest BCUT2D eigenvalue weighted by Crippen LogP contribution is -2.24. The van der Waals surface area contributed by atoms with E-state index in [1.54, 1.807) is 0 Å². The molecule has 0 heterocycles. The summed E-state index contributed by atoms with van der Waals surface area (Å²) >= 11 is 0. The number of carbonyl (C=O) groups is 1. The molecular weight excluding hydrogens is 178 g/mol. The molecule has 0 aromatic carbocycles. The summed E-state index contributed by atoms with van der Waals surface area (Å²) in [6, 6.07) is 0. The van der Waals surface area contributed by atoms with E-state index in [-0.39, 0.29) is 17.6 Å². The van der Waals surface area contributed by atoms with Crippen LogP contribution in [0.3, 0.4) is 0 Å². The van der Waals surface area contributed by atoms with Gasteiger partial charge in [-0.05, 0) is 18.4 Å². The van der Waals surface area contributed by atoms with Crippen molar-refractivity contribution in [2.45, 2.75) is 20.8 Å². The summed E-state index contributed by atoms with van der Waals surface area (Å²) in [5.41, 5.74) is 1.36. The maximum Gasteiger partial charge on any atom is 0.171 e. The number of ketones is 1. The molecule has 76 valence electrons. The molecule has 0 aromatic rings. The van der Waals surface area contributed by atoms with E-state index in [2.05, 4.69) is 5.16 Å². The van der Waals surface area contributed by atoms with Crippen LogP contribution >= 0.6 is 0 Å². The summed E-state index contributed by atoms with van der Waals surface area (Å²) in [4.78, 5) is 11.9. The summed E-state index contributed by atoms with van der Waals surface area (Å²) in [7, 11) is 0. The number of allylic oxidation sites excluding steroid dienone is 4. The molecule has 3 heteroatoms. The van der Waals surface area contributed by atoms with E-state index < -0.39 is 0 Å². The molecule has 0 amide bonds. The van der Waals surface area contributed by atoms with Gasteiger partial charge in [0.25, 0.3) is 0 Å². The minimum atomic E-state index is -0.0910. The van der Waals surface area contributed by atoms with E-state index in [0.29, 0.717) is 5.57 Å². The molecule has 0 bridgehead atoms. The van der Waals surface area contributed by atoms with Crippen LogP contribution in [-0.4, -0.2) is 17.2 Å². The lowest BCUT2D eigenvalue weighted by atomic mass is 9.82. The highest BCUT2D eigenvalue weighted by molar-refractivity contribution is 6.16. The molecule has 0 aliphatic heterocycles. The van der Waals surface area contributed by atoms with Crippen LogP contribution in [0, 0.1) is 11.8 Å². The second-order valence-electron chi connectivity index (χ2n) is 3.83. The van der Waals surface area contributed by atoms with E-state index in [1.807, 2.05) is 32.9 Å². The highest BCUT2D eigenvalue weighted by atomic mass is 16.4. The summed E-state index contributed by atoms with van der Waals surface area (Å²) < 4.78 is 0. The maximum absolute atomic E-state index is 11.9. The van der Waals surface area contributed by atoms with Gasteiger partial charge in [-0.15, -0.1) is 0 Å². The third-order valence-corrected chi connectivity index (χ3v) is 2.45. The molecule has 3 nitrogen and oxygen atoms in total. The first-order valence-electron chi connectivity index (χ1n) is 4.68. The van der Waals surface area contributed by atoms with Crippen molar-refractivity contribution >= 4 is 12.0 Å². The third kappa shape index (κ3) is 1.92. The molecule has 1 N–H and O–H groups in total. The van der Waals surface area contributed by atoms with E-state index in [0.717, 1.165) is 5.57 Å². The molecule has 0 saturated heterocycles. The van der Waals surface area contributed by atoms with Crippen LogP contribution in [0.5, 0.6) is 0 Å². The molecule has 1 aliphatic carbocycles. The highest BCUT2D eigenvalue weighted by Gasteiger charge is 2.25. The molecule has 0 radical (unpaired) electrons. The Morgan fingerprint density at radius 1 is 1.57 bits per heavy atom. The Morgan fingerprint density at radius 2 is 2.21 bits per heavy atom. The lowest BCUT2D eigenvalue weighted by Gasteiger charge is -2.20. The average molecular weight is 193 g/mol. The van der Waals surface area contributed by atoms with Crippen LogP contribution in [0.1, 0.15) is 20.8 Å². The number of Topliss-reactive ketones (excluding diaryl/α,β-unsaturated/α-hetero) is 1. The Bertz CT molecular complexity index is 324. The van der Waals surface area contributed by atoms with Gasteiger partial charge in [0.05, 0.1) is 6.21 Å². The van der Waals surface area contributed by atoms with Crippen LogP contribution in [0.2, 0.25) is 0 Å². The van der Waals surface area contributed by atoms with E-state index >= 15 is 0 Å². The van der Waals surface area contributed by atoms with Crippen molar-refractivity contribution in [2.24, 2.45) is 17.0 Å². The fourth-order valence-electron chi connectivity index (χ4n) is 1.55. The Balaban J connectivity index is 3.03. The van der Waals surface area contributed by atoms with Gasteiger partial charge >= 0.3 is 0 Å². The molecule has 0 spiro atoms. The maximum atomic E-state index is 11.9. The predicted molar refractivity (Wildman–Crippen MR) is 55.5 cm³/mol. The van der Waals surface area contributed by atoms with Gasteiger partial charge in [-0.25, -0.2) is 0 Å². The highest BCUT2D eigenvalue weighted by Crippen LogP contribution is 2.24. The molecule has 1 aliphatic rings. The fraction of sp³-hybridized carbons (Fsp3) is 0.455. The van der Waals surface area contributed by atoms with Gasteiger partial charge in [-0.2, -0.15) is 0 Å². The quantitative estimate of drug-likeness (QED) is 0.415. The van der Waals surface area contributed by atoms with Crippen molar-refractivity contribution in [1.29, 1.82) is 0 Å². The van der Waals surface area contributed by atoms with Gasteiger partial charge in [-0.3, -0.25) is 4.79 Å². The molecule has 0 fully saturated rings. The average Bonchev–Trinajstić information content (AvgIpc) is 2.11. The van der Waals surface area contributed by atoms with Gasteiger partial charge in [0, 0.05) is 11.5 Å². The van der Waals surface area contributed by atoms with Gasteiger partial charge in [-0.1, -0.05) is 31.2 Å². The van der Waals surface area contributed by atoms with Gasteiger partial charge in [0.15, 0.2) is 5.78 Å². The second kappa shape index (κ2) is 4.22. The van der Waals surface area contributed by atoms with Crippen molar-refractivity contribution < 1.29 is 10.0 Å². The number of nitrogens with zero attached hydrogens (tertiary/aromatic N) is 1. The summed E-state index contributed by atoms with van der Waals surface area (Å²) in [5, 5.41) is 11.4. The Hall–Kier alpha value is -1.38. The Labute approximate surface area is 83.8 Å². The monoisotopic (exact) mass is 193 g/mol. The van der Waals surface area contributed by atoms with Crippen LogP contribution in [0.25, 0.3) is 0 Å². The first-order valence-corrected chi connectivity index (χ1v) is 4.68. The molecule has 1 rings (SSSR count). The normalized spacial score (nSPS) is 22.9. The summed E-state index contributed by atoms with van der Waals surface area (Å²) in [6.45, 7) is 5.84. The summed E-state index contributed by atoms with van der Waals surface area (Å²) in [6.07, 6.45) is 5.04. The zero-order chi connectivity index (χ0) is 10.7. The van der Waals surface area contributed by atoms with Crippen molar-refractivity contribution in [1.82, 2.24) is 0 Å². The minimum absolute atomic E-state index is 0.0396. The second-order valence-corrected chi connectivity index (χ2v) is 3.83. The molecular formula is C11H15NO2. The zero-order valence-corrected chi connectivity index (χ0v) is 8.69. The van der Waals surface area contributed by atoms with Gasteiger partial charge in [0.1, 0.15) is 0 Å². The van der Waals surface area contributed by atoms with E-state index in [9.17, 15) is 4.79 Å². The zero-order valence-electron chi connectivity index (χ0n) is 8.69. The topological polar surface area (TPSA) is 49.7 Å². The molecule has 1 unspecified atom stereocenters. The SMILES string of the molecule is CC1=C(/C=N/O)C(=O)C(C(C)C)C=C1. The minimum Gasteiger partial charge on any atom is -0.411 e. The third-order valence-electron chi connectivity index (χ3n) is 2.45. The predicted octanol–water partition coefficient (Wildman–Crippen LogP) is 2.17. The Kier molecular flexibility index (Phi) is 3.23. The molecule has 0 saturated carbocycles. The number of hydrogen-bond acceptors (Lipinski definition) is 3. The van der Waals surface area contributed by atoms with Crippen LogP contribution in [-0.2, 0) is 4.79 Å². The first-order chi connectivity index (χ1) is 6.57. The molecule has 1 atom stereocenters. The smallest absolute Gasteiger partial charge is 0.171 e. The number of oxime groups is 1. The van der Waals surface area contributed by atoms with Crippen molar-refractivity contribution in [3.63, 3.8) is 0 Å². The van der Waals surface area contributed by atoms with E-state index in [4.69, 9.17) is 5.21 Å². The standard InChI is InChI=1S/C11H15NO2/c1-7(2)9-5-4-8(3)10(6-12-14)11(9)13/h4-7,9,14H,1-3H3/b12-6+. The first kappa shape index (κ1) is 10.7. The van der Waals surface area contributed by atoms with Gasteiger partial charge < -0.3 is 5.21 Å². The number of rotatable bonds is 2. The van der Waals surface area contributed by atoms with Crippen LogP contribution < -0.4 is 0 Å². The van der Waals surface area contributed by atoms with Crippen LogP contribution in [0.4, 0.5) is 0 Å². The van der Waals surface area contributed by atoms with Gasteiger partial charge in [0.2, 0.25) is 0 Å². The molecule has 0 aromatic heterocycles. The van der Waals surface area contributed by atoms with Crippen molar-refractivity contribution in [3.8, 4) is 0 Å². The van der Waals surface area contributed by atoms with Crippen LogP contribution in [0.15, 0.2) is 28.5 Å². The summed E-state index contributed by atoms with van der Waals surface area (Å²) in [5.74, 6) is 0.221. The van der Waals surface area contributed by atoms with Crippen molar-refractivity contribution in [3.05, 3.63) is 23.3 Å². The largest absolute Gasteiger partial charge is 0.411 e. The molecule has 14 heavy (non-hydrogen) atoms. The van der Waals surface area contributed by atoms with E-state index in [1.165, 1.54) is 6.21 Å². The Morgan fingerprint density at radius 3 is 2.71 bits per heavy atom. The van der Waals surface area contributed by atoms with Crippen molar-refractivity contribution in [2.75, 3.05) is 0 Å². The number of hydrogen-bond donors (Lipinski definition) is 1.